The summed E-state index contributed by atoms with van der Waals surface area (Å²) in [5.41, 5.74) is 2.34. The second-order valence-electron chi connectivity index (χ2n) is 7.03. The van der Waals surface area contributed by atoms with E-state index in [-0.39, 0.29) is 11.9 Å². The van der Waals surface area contributed by atoms with Crippen molar-refractivity contribution in [2.24, 2.45) is 0 Å². The first-order valence-corrected chi connectivity index (χ1v) is 10.4. The van der Waals surface area contributed by atoms with Gasteiger partial charge < -0.3 is 5.32 Å². The molecule has 2 atom stereocenters. The normalized spacial score (nSPS) is 21.2. The zero-order valence-electron chi connectivity index (χ0n) is 15.4. The highest BCUT2D eigenvalue weighted by Crippen LogP contribution is 2.45. The van der Waals surface area contributed by atoms with Gasteiger partial charge in [0.2, 0.25) is 0 Å². The molecule has 0 spiro atoms. The summed E-state index contributed by atoms with van der Waals surface area (Å²) in [5.74, 6) is -0.253. The summed E-state index contributed by atoms with van der Waals surface area (Å²) in [6, 6.07) is 12.6. The molecule has 3 aromatic rings. The summed E-state index contributed by atoms with van der Waals surface area (Å²) in [5, 5.41) is 4.85. The third-order valence-electron chi connectivity index (χ3n) is 5.21. The monoisotopic (exact) mass is 421 g/mol. The molecule has 2 unspecified atom stereocenters. The predicted molar refractivity (Wildman–Crippen MR) is 117 cm³/mol. The number of rotatable bonds is 2. The lowest BCUT2D eigenvalue weighted by molar-refractivity contribution is -0.118. The largest absolute Gasteiger partial charge is 0.329 e. The topological polar surface area (TPSA) is 62.3 Å². The fraction of sp³-hybridized carbons (Fsp3) is 0.136. The molecule has 5 nitrogen and oxygen atoms in total. The number of nitrogens with zero attached hydrogens (tertiary/aromatic N) is 2. The third kappa shape index (κ3) is 2.91. The van der Waals surface area contributed by atoms with Gasteiger partial charge in [0.15, 0.2) is 0 Å². The van der Waals surface area contributed by atoms with E-state index < -0.39 is 11.3 Å². The average molecular weight is 422 g/mol. The van der Waals surface area contributed by atoms with E-state index in [0.717, 1.165) is 26.8 Å². The van der Waals surface area contributed by atoms with Crippen LogP contribution in [-0.2, 0) is 4.79 Å². The summed E-state index contributed by atoms with van der Waals surface area (Å²) < 4.78 is 0. The first-order valence-electron chi connectivity index (χ1n) is 9.16. The second-order valence-corrected chi connectivity index (χ2v) is 8.60. The lowest BCUT2D eigenvalue weighted by atomic mass is 10.1. The molecule has 144 valence electrons. The minimum Gasteiger partial charge on any atom is -0.329 e. The maximum Gasteiger partial charge on any atom is 0.329 e. The highest BCUT2D eigenvalue weighted by Gasteiger charge is 2.45. The summed E-state index contributed by atoms with van der Waals surface area (Å²) >= 11 is 7.92. The van der Waals surface area contributed by atoms with Crippen LogP contribution in [0.5, 0.6) is 0 Å². The number of carbonyl (C=O) groups is 2. The number of halogens is 1. The number of imide groups is 1. The van der Waals surface area contributed by atoms with E-state index in [1.165, 1.54) is 16.7 Å². The molecule has 5 rings (SSSR count). The SMILES string of the molecule is Cc1cccc(C2=CC3NC(=O)N(c4cncc5ccccc45)C(=O)C3S2)c1Cl. The van der Waals surface area contributed by atoms with Gasteiger partial charge in [-0.05, 0) is 18.6 Å². The maximum atomic E-state index is 13.3. The number of hydrogen-bond acceptors (Lipinski definition) is 4. The third-order valence-corrected chi connectivity index (χ3v) is 7.07. The molecule has 0 bridgehead atoms. The van der Waals surface area contributed by atoms with Crippen molar-refractivity contribution in [1.82, 2.24) is 10.3 Å². The number of benzene rings is 2. The molecule has 7 heteroatoms. The smallest absolute Gasteiger partial charge is 0.329 e. The summed E-state index contributed by atoms with van der Waals surface area (Å²) in [6.45, 7) is 1.95. The second kappa shape index (κ2) is 6.90. The van der Waals surface area contributed by atoms with Gasteiger partial charge in [-0.1, -0.05) is 54.1 Å². The molecule has 1 fully saturated rings. The zero-order chi connectivity index (χ0) is 20.1. The summed E-state index contributed by atoms with van der Waals surface area (Å²) in [4.78, 5) is 32.5. The van der Waals surface area contributed by atoms with Crippen LogP contribution in [0.3, 0.4) is 0 Å². The van der Waals surface area contributed by atoms with Crippen LogP contribution < -0.4 is 10.2 Å². The lowest BCUT2D eigenvalue weighted by Crippen LogP contribution is -2.60. The molecular weight excluding hydrogens is 406 g/mol. The van der Waals surface area contributed by atoms with Crippen LogP contribution in [0.25, 0.3) is 15.7 Å². The fourth-order valence-corrected chi connectivity index (χ4v) is 5.33. The number of urea groups is 1. The summed E-state index contributed by atoms with van der Waals surface area (Å²) in [7, 11) is 0. The standard InChI is InChI=1S/C22H16ClN3O2S/c1-12-5-4-8-15(19(12)23)18-9-16-20(29-18)21(27)26(22(28)25-16)17-11-24-10-13-6-2-3-7-14(13)17/h2-11,16,20H,1H3,(H,25,28). The predicted octanol–water partition coefficient (Wildman–Crippen LogP) is 4.78. The molecule has 1 N–H and O–H groups in total. The Kier molecular flexibility index (Phi) is 4.33. The van der Waals surface area contributed by atoms with Crippen molar-refractivity contribution in [3.05, 3.63) is 77.1 Å². The van der Waals surface area contributed by atoms with Crippen molar-refractivity contribution in [3.63, 3.8) is 0 Å². The van der Waals surface area contributed by atoms with Crippen LogP contribution >= 0.6 is 23.4 Å². The van der Waals surface area contributed by atoms with Crippen LogP contribution in [-0.4, -0.2) is 28.2 Å². The Bertz CT molecular complexity index is 1200. The molecule has 2 aliphatic heterocycles. The van der Waals surface area contributed by atoms with E-state index in [1.54, 1.807) is 12.4 Å². The number of carbonyl (C=O) groups excluding carboxylic acids is 2. The van der Waals surface area contributed by atoms with Crippen molar-refractivity contribution < 1.29 is 9.59 Å². The number of hydrogen-bond donors (Lipinski definition) is 1. The molecule has 3 amide bonds. The van der Waals surface area contributed by atoms with Crippen molar-refractivity contribution >= 4 is 56.7 Å². The lowest BCUT2D eigenvalue weighted by Gasteiger charge is -2.33. The van der Waals surface area contributed by atoms with E-state index in [0.29, 0.717) is 10.7 Å². The Morgan fingerprint density at radius 3 is 2.79 bits per heavy atom. The van der Waals surface area contributed by atoms with Gasteiger partial charge in [-0.3, -0.25) is 9.78 Å². The highest BCUT2D eigenvalue weighted by molar-refractivity contribution is 8.09. The molecular formula is C22H16ClN3O2S. The molecule has 0 aliphatic carbocycles. The van der Waals surface area contributed by atoms with Crippen LogP contribution in [0.1, 0.15) is 11.1 Å². The molecule has 2 aliphatic rings. The Hall–Kier alpha value is -2.83. The van der Waals surface area contributed by atoms with Crippen LogP contribution in [0, 0.1) is 6.92 Å². The van der Waals surface area contributed by atoms with Crippen LogP contribution in [0.2, 0.25) is 5.02 Å². The molecule has 29 heavy (non-hydrogen) atoms. The van der Waals surface area contributed by atoms with Gasteiger partial charge >= 0.3 is 6.03 Å². The zero-order valence-corrected chi connectivity index (χ0v) is 17.0. The van der Waals surface area contributed by atoms with Gasteiger partial charge in [-0.15, -0.1) is 11.8 Å². The molecule has 0 radical (unpaired) electrons. The Labute approximate surface area is 176 Å². The number of aryl methyl sites for hydroxylation is 1. The number of fused-ring (bicyclic) bond motifs is 2. The van der Waals surface area contributed by atoms with Gasteiger partial charge in [-0.2, -0.15) is 0 Å². The fourth-order valence-electron chi connectivity index (χ4n) is 3.75. The van der Waals surface area contributed by atoms with Crippen molar-refractivity contribution in [2.45, 2.75) is 18.2 Å². The van der Waals surface area contributed by atoms with E-state index in [1.807, 2.05) is 55.5 Å². The van der Waals surface area contributed by atoms with Gasteiger partial charge in [0.05, 0.1) is 22.9 Å². The van der Waals surface area contributed by atoms with Gasteiger partial charge in [0.1, 0.15) is 5.25 Å². The molecule has 3 heterocycles. The van der Waals surface area contributed by atoms with Gasteiger partial charge in [0, 0.05) is 27.4 Å². The number of thioether (sulfide) groups is 1. The van der Waals surface area contributed by atoms with Crippen molar-refractivity contribution in [3.8, 4) is 0 Å². The number of amides is 3. The summed E-state index contributed by atoms with van der Waals surface area (Å²) in [6.07, 6.45) is 5.20. The van der Waals surface area contributed by atoms with Gasteiger partial charge in [0.25, 0.3) is 5.91 Å². The number of pyridine rings is 1. The minimum absolute atomic E-state index is 0.253. The number of nitrogens with one attached hydrogen (secondary N) is 1. The van der Waals surface area contributed by atoms with E-state index >= 15 is 0 Å². The van der Waals surface area contributed by atoms with Crippen molar-refractivity contribution in [2.75, 3.05) is 4.90 Å². The number of aromatic nitrogens is 1. The van der Waals surface area contributed by atoms with E-state index in [9.17, 15) is 9.59 Å². The molecule has 2 aromatic carbocycles. The van der Waals surface area contributed by atoms with E-state index in [2.05, 4.69) is 10.3 Å². The minimum atomic E-state index is -0.446. The maximum absolute atomic E-state index is 13.3. The number of anilines is 1. The average Bonchev–Trinajstić information content (AvgIpc) is 3.14. The Morgan fingerprint density at radius 2 is 1.93 bits per heavy atom. The molecule has 0 saturated carbocycles. The van der Waals surface area contributed by atoms with Crippen LogP contribution in [0.4, 0.5) is 10.5 Å². The van der Waals surface area contributed by atoms with Gasteiger partial charge in [-0.25, -0.2) is 9.69 Å². The first-order chi connectivity index (χ1) is 14.0. The Balaban J connectivity index is 1.52. The van der Waals surface area contributed by atoms with E-state index in [4.69, 9.17) is 11.6 Å². The molecule has 1 aromatic heterocycles. The molecule has 1 saturated heterocycles. The highest BCUT2D eigenvalue weighted by atomic mass is 35.5. The van der Waals surface area contributed by atoms with Crippen LogP contribution in [0.15, 0.2) is 60.9 Å². The van der Waals surface area contributed by atoms with Crippen molar-refractivity contribution in [1.29, 1.82) is 0 Å². The quantitative estimate of drug-likeness (QED) is 0.647. The first kappa shape index (κ1) is 18.2. The Morgan fingerprint density at radius 1 is 1.10 bits per heavy atom.